The number of para-hydroxylation sites is 1. The van der Waals surface area contributed by atoms with Gasteiger partial charge in [0.1, 0.15) is 5.82 Å². The lowest BCUT2D eigenvalue weighted by Crippen LogP contribution is -2.31. The molecule has 0 fully saturated rings. The van der Waals surface area contributed by atoms with Crippen LogP contribution in [0.4, 0.5) is 0 Å². The minimum absolute atomic E-state index is 0.0934. The Morgan fingerprint density at radius 1 is 1.28 bits per heavy atom. The van der Waals surface area contributed by atoms with Crippen molar-refractivity contribution < 1.29 is 0 Å². The van der Waals surface area contributed by atoms with Crippen molar-refractivity contribution in [3.63, 3.8) is 0 Å². The maximum absolute atomic E-state index is 13.0. The molecule has 0 amide bonds. The van der Waals surface area contributed by atoms with E-state index in [2.05, 4.69) is 15.5 Å². The van der Waals surface area contributed by atoms with Crippen LogP contribution >= 0.6 is 12.2 Å². The molecular weight excluding hydrogens is 336 g/mol. The van der Waals surface area contributed by atoms with Crippen molar-refractivity contribution in [3.8, 4) is 0 Å². The number of hydrogen-bond acceptors (Lipinski definition) is 4. The standard InChI is InChI=1S/C17H18N6OS/c1-10-8-13(9-19-21-17(18)25)11(2)22(10)23-12(3)20-15-7-5-4-6-14(15)16(23)24/h4-9H,1-3H3,(H3,18,21,25). The first-order valence-corrected chi connectivity index (χ1v) is 8.07. The molecular formula is C17H18N6OS. The van der Waals surface area contributed by atoms with E-state index in [-0.39, 0.29) is 10.7 Å². The predicted molar refractivity (Wildman–Crippen MR) is 103 cm³/mol. The topological polar surface area (TPSA) is 90.2 Å². The van der Waals surface area contributed by atoms with Crippen molar-refractivity contribution in [1.29, 1.82) is 0 Å². The number of nitrogens with two attached hydrogens (primary N) is 1. The Labute approximate surface area is 149 Å². The fourth-order valence-corrected chi connectivity index (χ4v) is 2.90. The molecule has 0 saturated carbocycles. The van der Waals surface area contributed by atoms with Crippen LogP contribution < -0.4 is 16.7 Å². The number of aryl methyl sites for hydroxylation is 2. The van der Waals surface area contributed by atoms with E-state index < -0.39 is 0 Å². The van der Waals surface area contributed by atoms with Gasteiger partial charge in [-0.15, -0.1) is 0 Å². The number of rotatable bonds is 3. The van der Waals surface area contributed by atoms with E-state index in [1.165, 1.54) is 0 Å². The predicted octanol–water partition coefficient (Wildman–Crippen LogP) is 1.60. The maximum Gasteiger partial charge on any atom is 0.280 e. The monoisotopic (exact) mass is 354 g/mol. The lowest BCUT2D eigenvalue weighted by atomic mass is 10.2. The van der Waals surface area contributed by atoms with Gasteiger partial charge in [0, 0.05) is 17.0 Å². The highest BCUT2D eigenvalue weighted by Gasteiger charge is 2.15. The molecule has 2 heterocycles. The molecule has 0 aliphatic carbocycles. The Kier molecular flexibility index (Phi) is 4.37. The fraction of sp³-hybridized carbons (Fsp3) is 0.176. The van der Waals surface area contributed by atoms with Crippen LogP contribution in [0.1, 0.15) is 22.8 Å². The van der Waals surface area contributed by atoms with E-state index in [1.54, 1.807) is 17.0 Å². The third kappa shape index (κ3) is 3.03. The van der Waals surface area contributed by atoms with E-state index in [1.807, 2.05) is 49.7 Å². The van der Waals surface area contributed by atoms with Crippen LogP contribution in [0.15, 0.2) is 40.2 Å². The molecule has 1 aromatic carbocycles. The second-order valence-electron chi connectivity index (χ2n) is 5.67. The number of hydrazone groups is 1. The van der Waals surface area contributed by atoms with Crippen LogP contribution in [0.2, 0.25) is 0 Å². The lowest BCUT2D eigenvalue weighted by Gasteiger charge is -2.16. The number of thiocarbonyl (C=S) groups is 1. The molecule has 25 heavy (non-hydrogen) atoms. The van der Waals surface area contributed by atoms with Crippen molar-refractivity contribution in [2.24, 2.45) is 10.8 Å². The molecule has 128 valence electrons. The minimum atomic E-state index is -0.116. The average Bonchev–Trinajstić information content (AvgIpc) is 2.82. The third-order valence-electron chi connectivity index (χ3n) is 3.93. The van der Waals surface area contributed by atoms with Gasteiger partial charge in [0.15, 0.2) is 5.11 Å². The third-order valence-corrected chi connectivity index (χ3v) is 4.02. The molecule has 0 aliphatic rings. The summed E-state index contributed by atoms with van der Waals surface area (Å²) in [4.78, 5) is 17.5. The Balaban J connectivity index is 2.19. The maximum atomic E-state index is 13.0. The molecule has 3 N–H and O–H groups in total. The molecule has 0 bridgehead atoms. The van der Waals surface area contributed by atoms with Gasteiger partial charge >= 0.3 is 0 Å². The number of hydrogen-bond donors (Lipinski definition) is 2. The first-order valence-electron chi connectivity index (χ1n) is 7.66. The Morgan fingerprint density at radius 3 is 2.72 bits per heavy atom. The zero-order chi connectivity index (χ0) is 18.1. The molecule has 7 nitrogen and oxygen atoms in total. The molecule has 0 unspecified atom stereocenters. The zero-order valence-electron chi connectivity index (χ0n) is 14.1. The largest absolute Gasteiger partial charge is 0.375 e. The summed E-state index contributed by atoms with van der Waals surface area (Å²) in [5, 5.41) is 4.66. The fourth-order valence-electron chi connectivity index (χ4n) is 2.85. The van der Waals surface area contributed by atoms with E-state index in [9.17, 15) is 4.79 Å². The molecule has 0 atom stereocenters. The van der Waals surface area contributed by atoms with Crippen LogP contribution in [-0.4, -0.2) is 25.7 Å². The van der Waals surface area contributed by atoms with Crippen LogP contribution in [0, 0.1) is 20.8 Å². The van der Waals surface area contributed by atoms with E-state index in [0.29, 0.717) is 16.7 Å². The Hall–Kier alpha value is -3.00. The number of benzene rings is 1. The number of nitrogens with zero attached hydrogens (tertiary/aromatic N) is 4. The van der Waals surface area contributed by atoms with E-state index in [0.717, 1.165) is 17.0 Å². The zero-order valence-corrected chi connectivity index (χ0v) is 15.0. The van der Waals surface area contributed by atoms with E-state index in [4.69, 9.17) is 18.0 Å². The molecule has 2 aromatic heterocycles. The van der Waals surface area contributed by atoms with Gasteiger partial charge in [-0.25, -0.2) is 4.98 Å². The van der Waals surface area contributed by atoms with Gasteiger partial charge in [0.05, 0.1) is 17.1 Å². The first kappa shape index (κ1) is 16.8. The number of fused-ring (bicyclic) bond motifs is 1. The minimum Gasteiger partial charge on any atom is -0.375 e. The van der Waals surface area contributed by atoms with Crippen molar-refractivity contribution in [1.82, 2.24) is 19.8 Å². The Bertz CT molecular complexity index is 1060. The number of aromatic nitrogens is 3. The van der Waals surface area contributed by atoms with Crippen molar-refractivity contribution in [2.45, 2.75) is 20.8 Å². The SMILES string of the molecule is Cc1cc(C=NNC(N)=S)c(C)n1-n1c(C)nc2ccccc2c1=O. The summed E-state index contributed by atoms with van der Waals surface area (Å²) in [6.07, 6.45) is 1.62. The lowest BCUT2D eigenvalue weighted by molar-refractivity contribution is 0.573. The van der Waals surface area contributed by atoms with Gasteiger partial charge in [-0.2, -0.15) is 9.78 Å². The van der Waals surface area contributed by atoms with Crippen molar-refractivity contribution in [2.75, 3.05) is 0 Å². The van der Waals surface area contributed by atoms with Gasteiger partial charge in [0.25, 0.3) is 5.56 Å². The van der Waals surface area contributed by atoms with Gasteiger partial charge in [0.2, 0.25) is 0 Å². The number of nitrogens with one attached hydrogen (secondary N) is 1. The van der Waals surface area contributed by atoms with Crippen LogP contribution in [-0.2, 0) is 0 Å². The molecule has 0 saturated heterocycles. The van der Waals surface area contributed by atoms with E-state index >= 15 is 0 Å². The normalized spacial score (nSPS) is 11.3. The van der Waals surface area contributed by atoms with Gasteiger partial charge in [-0.1, -0.05) is 12.1 Å². The van der Waals surface area contributed by atoms with Crippen LogP contribution in [0.25, 0.3) is 10.9 Å². The van der Waals surface area contributed by atoms with Gasteiger partial charge in [-0.3, -0.25) is 14.9 Å². The highest BCUT2D eigenvalue weighted by molar-refractivity contribution is 7.80. The van der Waals surface area contributed by atoms with Crippen LogP contribution in [0.3, 0.4) is 0 Å². The van der Waals surface area contributed by atoms with Gasteiger partial charge < -0.3 is 5.73 Å². The quantitative estimate of drug-likeness (QED) is 0.424. The van der Waals surface area contributed by atoms with Crippen molar-refractivity contribution in [3.05, 3.63) is 63.5 Å². The summed E-state index contributed by atoms with van der Waals surface area (Å²) in [6, 6.07) is 9.25. The highest BCUT2D eigenvalue weighted by Crippen LogP contribution is 2.15. The summed E-state index contributed by atoms with van der Waals surface area (Å²) in [5.74, 6) is 0.607. The summed E-state index contributed by atoms with van der Waals surface area (Å²) >= 11 is 4.72. The summed E-state index contributed by atoms with van der Waals surface area (Å²) in [7, 11) is 0. The van der Waals surface area contributed by atoms with Crippen LogP contribution in [0.5, 0.6) is 0 Å². The molecule has 0 radical (unpaired) electrons. The smallest absolute Gasteiger partial charge is 0.280 e. The summed E-state index contributed by atoms with van der Waals surface area (Å²) in [6.45, 7) is 5.65. The highest BCUT2D eigenvalue weighted by atomic mass is 32.1. The van der Waals surface area contributed by atoms with Gasteiger partial charge in [-0.05, 0) is 51.2 Å². The van der Waals surface area contributed by atoms with Crippen molar-refractivity contribution >= 4 is 34.4 Å². The molecule has 3 rings (SSSR count). The summed E-state index contributed by atoms with van der Waals surface area (Å²) < 4.78 is 3.41. The second kappa shape index (κ2) is 6.48. The Morgan fingerprint density at radius 2 is 2.00 bits per heavy atom. The first-order chi connectivity index (χ1) is 11.9. The molecule has 0 spiro atoms. The molecule has 8 heteroatoms. The molecule has 3 aromatic rings. The summed E-state index contributed by atoms with van der Waals surface area (Å²) in [5.41, 5.74) is 11.0. The average molecular weight is 354 g/mol. The molecule has 0 aliphatic heterocycles. The second-order valence-corrected chi connectivity index (χ2v) is 6.11.